The number of aromatic nitrogens is 2. The van der Waals surface area contributed by atoms with Gasteiger partial charge in [-0.1, -0.05) is 0 Å². The highest BCUT2D eigenvalue weighted by Gasteiger charge is 2.23. The molecule has 0 atom stereocenters. The molecule has 0 saturated heterocycles. The van der Waals surface area contributed by atoms with Crippen LogP contribution in [0.5, 0.6) is 0 Å². The van der Waals surface area contributed by atoms with Gasteiger partial charge in [-0.15, -0.1) is 22.7 Å². The van der Waals surface area contributed by atoms with E-state index in [1.54, 1.807) is 22.7 Å². The van der Waals surface area contributed by atoms with Crippen molar-refractivity contribution in [3.8, 4) is 20.9 Å². The van der Waals surface area contributed by atoms with Gasteiger partial charge in [0.2, 0.25) is 0 Å². The van der Waals surface area contributed by atoms with Crippen molar-refractivity contribution in [2.24, 2.45) is 0 Å². The Labute approximate surface area is 170 Å². The molecule has 4 rings (SSSR count). The smallest absolute Gasteiger partial charge is 0.116 e. The van der Waals surface area contributed by atoms with E-state index in [1.807, 2.05) is 28.2 Å². The SMILES string of the molecule is CN(C)c1ccc(-c2c(N)c(N)c(-c3ccc(N(C)C)s3)c3nsnc23)s1. The van der Waals surface area contributed by atoms with E-state index in [4.69, 9.17) is 11.5 Å². The van der Waals surface area contributed by atoms with Crippen LogP contribution in [0.3, 0.4) is 0 Å². The molecule has 0 unspecified atom stereocenters. The lowest BCUT2D eigenvalue weighted by Gasteiger charge is -2.13. The number of benzene rings is 1. The maximum absolute atomic E-state index is 6.53. The molecular weight excluding hydrogens is 396 g/mol. The standard InChI is InChI=1S/C18H20N6S3/c1-23(2)11-7-5-9(25-11)13-15(19)16(20)14(18-17(13)21-27-22-18)10-6-8-12(26-10)24(3)4/h5-8H,19-20H2,1-4H3. The first-order valence-electron chi connectivity index (χ1n) is 8.26. The van der Waals surface area contributed by atoms with Gasteiger partial charge in [0.25, 0.3) is 0 Å². The molecule has 6 nitrogen and oxygen atoms in total. The molecule has 0 amide bonds. The van der Waals surface area contributed by atoms with E-state index in [-0.39, 0.29) is 0 Å². The molecule has 0 bridgehead atoms. The van der Waals surface area contributed by atoms with Gasteiger partial charge in [0.15, 0.2) is 0 Å². The topological polar surface area (TPSA) is 84.3 Å². The average Bonchev–Trinajstić information content (AvgIpc) is 3.35. The number of nitrogens with two attached hydrogens (primary N) is 2. The minimum atomic E-state index is 0.567. The Balaban J connectivity index is 1.96. The van der Waals surface area contributed by atoms with Gasteiger partial charge in [-0.3, -0.25) is 0 Å². The summed E-state index contributed by atoms with van der Waals surface area (Å²) < 4.78 is 9.12. The molecule has 0 aliphatic rings. The second kappa shape index (κ2) is 6.66. The summed E-state index contributed by atoms with van der Waals surface area (Å²) in [6, 6.07) is 8.30. The molecule has 140 valence electrons. The first-order valence-corrected chi connectivity index (χ1v) is 10.6. The molecule has 1 aromatic carbocycles. The van der Waals surface area contributed by atoms with Crippen LogP contribution in [0.4, 0.5) is 21.4 Å². The number of thiophene rings is 2. The largest absolute Gasteiger partial charge is 0.396 e. The lowest BCUT2D eigenvalue weighted by atomic mass is 10.0. The van der Waals surface area contributed by atoms with E-state index in [2.05, 4.69) is 42.8 Å². The van der Waals surface area contributed by atoms with Crippen LogP contribution in [0.25, 0.3) is 31.9 Å². The number of anilines is 4. The van der Waals surface area contributed by atoms with Crippen LogP contribution in [0.1, 0.15) is 0 Å². The molecule has 3 heterocycles. The molecule has 0 fully saturated rings. The first-order chi connectivity index (χ1) is 12.9. The van der Waals surface area contributed by atoms with Crippen LogP contribution in [0, 0.1) is 0 Å². The molecular formula is C18H20N6S3. The fourth-order valence-corrected chi connectivity index (χ4v) is 5.48. The van der Waals surface area contributed by atoms with Crippen molar-refractivity contribution in [3.63, 3.8) is 0 Å². The van der Waals surface area contributed by atoms with Gasteiger partial charge in [0.05, 0.1) is 33.1 Å². The summed E-state index contributed by atoms with van der Waals surface area (Å²) in [5.41, 5.74) is 17.6. The van der Waals surface area contributed by atoms with Crippen LogP contribution in [-0.4, -0.2) is 36.9 Å². The summed E-state index contributed by atoms with van der Waals surface area (Å²) in [6.45, 7) is 0. The summed E-state index contributed by atoms with van der Waals surface area (Å²) >= 11 is 4.53. The van der Waals surface area contributed by atoms with E-state index >= 15 is 0 Å². The zero-order valence-corrected chi connectivity index (χ0v) is 17.9. The molecule has 27 heavy (non-hydrogen) atoms. The summed E-state index contributed by atoms with van der Waals surface area (Å²) in [4.78, 5) is 6.25. The van der Waals surface area contributed by atoms with Crippen LogP contribution in [0.15, 0.2) is 24.3 Å². The minimum Gasteiger partial charge on any atom is -0.396 e. The number of nitrogens with zero attached hydrogens (tertiary/aromatic N) is 4. The van der Waals surface area contributed by atoms with Gasteiger partial charge < -0.3 is 21.3 Å². The Bertz CT molecular complexity index is 1040. The van der Waals surface area contributed by atoms with Gasteiger partial charge in [-0.25, -0.2) is 0 Å². The molecule has 4 aromatic rings. The highest BCUT2D eigenvalue weighted by atomic mass is 32.1. The third-order valence-electron chi connectivity index (χ3n) is 4.35. The summed E-state index contributed by atoms with van der Waals surface area (Å²) in [7, 11) is 8.09. The quantitative estimate of drug-likeness (QED) is 0.478. The fourth-order valence-electron chi connectivity index (χ4n) is 2.94. The monoisotopic (exact) mass is 416 g/mol. The van der Waals surface area contributed by atoms with Crippen LogP contribution in [0.2, 0.25) is 0 Å². The normalized spacial score (nSPS) is 11.3. The Hall–Kier alpha value is -2.36. The molecule has 0 spiro atoms. The van der Waals surface area contributed by atoms with Crippen molar-refractivity contribution in [1.29, 1.82) is 0 Å². The van der Waals surface area contributed by atoms with E-state index in [1.165, 1.54) is 11.7 Å². The number of rotatable bonds is 4. The third kappa shape index (κ3) is 2.91. The molecule has 0 aliphatic heterocycles. The number of nitrogen functional groups attached to an aromatic ring is 2. The Morgan fingerprint density at radius 3 is 1.44 bits per heavy atom. The van der Waals surface area contributed by atoms with Crippen LogP contribution < -0.4 is 21.3 Å². The van der Waals surface area contributed by atoms with Gasteiger partial charge in [0, 0.05) is 49.1 Å². The Morgan fingerprint density at radius 2 is 1.11 bits per heavy atom. The highest BCUT2D eigenvalue weighted by Crippen LogP contribution is 2.48. The summed E-state index contributed by atoms with van der Waals surface area (Å²) in [5.74, 6) is 0. The second-order valence-electron chi connectivity index (χ2n) is 6.60. The van der Waals surface area contributed by atoms with Gasteiger partial charge >= 0.3 is 0 Å². The number of hydrogen-bond acceptors (Lipinski definition) is 9. The molecule has 3 aromatic heterocycles. The van der Waals surface area contributed by atoms with Gasteiger partial charge in [-0.05, 0) is 24.3 Å². The zero-order valence-electron chi connectivity index (χ0n) is 15.5. The highest BCUT2D eigenvalue weighted by molar-refractivity contribution is 7.20. The predicted octanol–water partition coefficient (Wildman–Crippen LogP) is 4.44. The minimum absolute atomic E-state index is 0.567. The fraction of sp³-hybridized carbons (Fsp3) is 0.222. The van der Waals surface area contributed by atoms with Crippen molar-refractivity contribution in [3.05, 3.63) is 24.3 Å². The van der Waals surface area contributed by atoms with Crippen molar-refractivity contribution >= 4 is 66.8 Å². The molecule has 0 aliphatic carbocycles. The van der Waals surface area contributed by atoms with E-state index in [0.29, 0.717) is 11.4 Å². The Morgan fingerprint density at radius 1 is 0.704 bits per heavy atom. The van der Waals surface area contributed by atoms with Crippen molar-refractivity contribution in [2.75, 3.05) is 49.5 Å². The van der Waals surface area contributed by atoms with Crippen LogP contribution >= 0.6 is 34.4 Å². The maximum Gasteiger partial charge on any atom is 0.116 e. The van der Waals surface area contributed by atoms with Crippen molar-refractivity contribution in [2.45, 2.75) is 0 Å². The van der Waals surface area contributed by atoms with Crippen molar-refractivity contribution in [1.82, 2.24) is 8.75 Å². The number of hydrogen-bond donors (Lipinski definition) is 2. The van der Waals surface area contributed by atoms with Crippen LogP contribution in [-0.2, 0) is 0 Å². The summed E-state index contributed by atoms with van der Waals surface area (Å²) in [5, 5.41) is 2.30. The zero-order chi connectivity index (χ0) is 19.3. The second-order valence-corrected chi connectivity index (χ2v) is 9.26. The Kier molecular flexibility index (Phi) is 4.45. The van der Waals surface area contributed by atoms with Gasteiger partial charge in [0.1, 0.15) is 11.0 Å². The molecule has 9 heteroatoms. The molecule has 0 radical (unpaired) electrons. The summed E-state index contributed by atoms with van der Waals surface area (Å²) in [6.07, 6.45) is 0. The van der Waals surface area contributed by atoms with Gasteiger partial charge in [-0.2, -0.15) is 8.75 Å². The van der Waals surface area contributed by atoms with Crippen molar-refractivity contribution < 1.29 is 0 Å². The first kappa shape index (κ1) is 18.0. The lowest BCUT2D eigenvalue weighted by Crippen LogP contribution is -2.05. The predicted molar refractivity (Wildman–Crippen MR) is 122 cm³/mol. The molecule has 0 saturated carbocycles. The van der Waals surface area contributed by atoms with E-state index in [0.717, 1.165) is 41.9 Å². The third-order valence-corrected chi connectivity index (χ3v) is 7.42. The molecule has 4 N–H and O–H groups in total. The van der Waals surface area contributed by atoms with E-state index in [9.17, 15) is 0 Å². The average molecular weight is 417 g/mol. The lowest BCUT2D eigenvalue weighted by molar-refractivity contribution is 1.16. The number of fused-ring (bicyclic) bond motifs is 1. The van der Waals surface area contributed by atoms with E-state index < -0.39 is 0 Å². The maximum atomic E-state index is 6.53.